The minimum Gasteiger partial charge on any atom is -0.458 e. The Bertz CT molecular complexity index is 1550. The van der Waals surface area contributed by atoms with Crippen LogP contribution >= 0.6 is 0 Å². The van der Waals surface area contributed by atoms with Crippen molar-refractivity contribution in [2.45, 2.75) is 94.7 Å². The van der Waals surface area contributed by atoms with Crippen molar-refractivity contribution >= 4 is 17.7 Å². The monoisotopic (exact) mass is 600 g/mol. The minimum atomic E-state index is -1.76. The van der Waals surface area contributed by atoms with Crippen LogP contribution in [-0.4, -0.2) is 63.6 Å². The fourth-order valence-electron chi connectivity index (χ4n) is 9.09. The first-order valence-electron chi connectivity index (χ1n) is 15.8. The first-order valence-corrected chi connectivity index (χ1v) is 15.8. The molecule has 2 saturated carbocycles. The number of cyclic esters (lactones) is 1. The van der Waals surface area contributed by atoms with Gasteiger partial charge in [-0.1, -0.05) is 75.4 Å². The number of hydrogen-bond donors (Lipinski definition) is 2. The van der Waals surface area contributed by atoms with E-state index in [2.05, 4.69) is 0 Å². The van der Waals surface area contributed by atoms with Crippen molar-refractivity contribution in [1.29, 1.82) is 0 Å². The topological polar surface area (TPSA) is 123 Å². The van der Waals surface area contributed by atoms with Crippen LogP contribution in [0.25, 0.3) is 11.1 Å². The van der Waals surface area contributed by atoms with Crippen LogP contribution < -0.4 is 0 Å². The number of carbonyl (C=O) groups is 3. The molecule has 2 heterocycles. The van der Waals surface area contributed by atoms with E-state index in [0.717, 1.165) is 16.7 Å². The van der Waals surface area contributed by atoms with Crippen molar-refractivity contribution in [3.63, 3.8) is 0 Å². The zero-order chi connectivity index (χ0) is 31.1. The Hall–Kier alpha value is -3.33. The Balaban J connectivity index is 1.10. The molecule has 8 nitrogen and oxygen atoms in total. The van der Waals surface area contributed by atoms with Gasteiger partial charge in [-0.05, 0) is 54.2 Å². The van der Waals surface area contributed by atoms with Crippen molar-refractivity contribution in [2.75, 3.05) is 6.61 Å². The molecule has 3 fully saturated rings. The number of esters is 2. The highest BCUT2D eigenvalue weighted by Gasteiger charge is 2.83. The molecular formula is C36H40O8. The molecule has 7 atom stereocenters. The molecule has 44 heavy (non-hydrogen) atoms. The van der Waals surface area contributed by atoms with Gasteiger partial charge in [-0.2, -0.15) is 0 Å². The minimum absolute atomic E-state index is 0.0390. The second-order valence-corrected chi connectivity index (χ2v) is 13.9. The van der Waals surface area contributed by atoms with Crippen LogP contribution in [0.2, 0.25) is 0 Å². The summed E-state index contributed by atoms with van der Waals surface area (Å²) in [5.41, 5.74) is -0.857. The van der Waals surface area contributed by atoms with Gasteiger partial charge in [0.2, 0.25) is 0 Å². The molecule has 2 N–H and O–H groups in total. The summed E-state index contributed by atoms with van der Waals surface area (Å²) in [4.78, 5) is 38.8. The number of ketones is 1. The van der Waals surface area contributed by atoms with Crippen LogP contribution in [0, 0.1) is 17.3 Å². The van der Waals surface area contributed by atoms with Crippen molar-refractivity contribution < 1.29 is 38.8 Å². The lowest BCUT2D eigenvalue weighted by Crippen LogP contribution is -2.78. The second kappa shape index (κ2) is 10.1. The average Bonchev–Trinajstić information content (AvgIpc) is 3.63. The fraction of sp³-hybridized carbons (Fsp3) is 0.528. The molecule has 2 aromatic rings. The summed E-state index contributed by atoms with van der Waals surface area (Å²) >= 11 is 0. The number of fused-ring (bicyclic) bond motifs is 5. The molecule has 2 aromatic carbocycles. The van der Waals surface area contributed by atoms with Gasteiger partial charge in [-0.25, -0.2) is 4.79 Å². The number of hydrogen-bond acceptors (Lipinski definition) is 8. The number of benzene rings is 2. The molecule has 5 aliphatic rings. The number of rotatable bonds is 7. The number of aliphatic hydroxyl groups is 2. The first kappa shape index (κ1) is 29.4. The number of ether oxygens (including phenoxy) is 3. The maximum atomic E-state index is 13.4. The van der Waals surface area contributed by atoms with Gasteiger partial charge >= 0.3 is 11.9 Å². The molecule has 1 saturated heterocycles. The van der Waals surface area contributed by atoms with Crippen LogP contribution in [0.1, 0.15) is 76.1 Å². The molecule has 0 radical (unpaired) electrons. The van der Waals surface area contributed by atoms with E-state index in [1.54, 1.807) is 12.1 Å². The summed E-state index contributed by atoms with van der Waals surface area (Å²) in [5.74, 6) is -1.28. The van der Waals surface area contributed by atoms with E-state index in [1.807, 2.05) is 63.2 Å². The summed E-state index contributed by atoms with van der Waals surface area (Å²) < 4.78 is 17.8. The summed E-state index contributed by atoms with van der Waals surface area (Å²) in [6.45, 7) is 6.16. The molecule has 7 rings (SSSR count). The third-order valence-electron chi connectivity index (χ3n) is 11.7. The van der Waals surface area contributed by atoms with E-state index in [9.17, 15) is 24.6 Å². The third kappa shape index (κ3) is 4.03. The Morgan fingerprint density at radius 3 is 2.41 bits per heavy atom. The lowest BCUT2D eigenvalue weighted by atomic mass is 9.43. The predicted octanol–water partition coefficient (Wildman–Crippen LogP) is 4.95. The first-order chi connectivity index (χ1) is 20.9. The molecule has 0 amide bonds. The average molecular weight is 601 g/mol. The number of epoxide rings is 1. The standard InChI is InChI=1S/C36H40O8/c1-21(2)36-29(44-36)19-35(41)33(3)17-15-25-26(20-42-31(25)39)27(33)16-18-34(35,40)32(36)43-30(38)14-13-28(37)24-11-9-23(10-12-24)22-7-5-4-6-8-22/h4-12,21,27,29,32,40-41H,13-20H2,1-3H3. The summed E-state index contributed by atoms with van der Waals surface area (Å²) in [6.07, 6.45) is 0.227. The Labute approximate surface area is 257 Å². The number of Topliss-reactive ketones (excluding diaryl/α,β-unsaturated/α-hetero) is 1. The van der Waals surface area contributed by atoms with Crippen LogP contribution in [0.5, 0.6) is 0 Å². The van der Waals surface area contributed by atoms with Crippen molar-refractivity contribution in [3.8, 4) is 11.1 Å². The van der Waals surface area contributed by atoms with E-state index in [-0.39, 0.29) is 62.0 Å². The molecule has 2 aliphatic heterocycles. The van der Waals surface area contributed by atoms with Gasteiger partial charge in [-0.3, -0.25) is 9.59 Å². The Morgan fingerprint density at radius 2 is 1.70 bits per heavy atom. The van der Waals surface area contributed by atoms with Crippen LogP contribution in [0.15, 0.2) is 65.7 Å². The summed E-state index contributed by atoms with van der Waals surface area (Å²) in [5, 5.41) is 25.2. The normalized spacial score (nSPS) is 37.0. The van der Waals surface area contributed by atoms with Crippen molar-refractivity contribution in [3.05, 3.63) is 71.3 Å². The van der Waals surface area contributed by atoms with Crippen LogP contribution in [-0.2, 0) is 23.8 Å². The summed E-state index contributed by atoms with van der Waals surface area (Å²) in [7, 11) is 0. The quantitative estimate of drug-likeness (QED) is 0.260. The second-order valence-electron chi connectivity index (χ2n) is 13.9. The highest BCUT2D eigenvalue weighted by Crippen LogP contribution is 2.70. The predicted molar refractivity (Wildman–Crippen MR) is 160 cm³/mol. The highest BCUT2D eigenvalue weighted by atomic mass is 16.7. The molecule has 0 aromatic heterocycles. The largest absolute Gasteiger partial charge is 0.458 e. The smallest absolute Gasteiger partial charge is 0.334 e. The van der Waals surface area contributed by atoms with E-state index < -0.39 is 34.3 Å². The van der Waals surface area contributed by atoms with E-state index >= 15 is 0 Å². The number of carbonyl (C=O) groups excluding carboxylic acids is 3. The summed E-state index contributed by atoms with van der Waals surface area (Å²) in [6, 6.07) is 17.2. The lowest BCUT2D eigenvalue weighted by Gasteiger charge is -2.65. The van der Waals surface area contributed by atoms with Crippen LogP contribution in [0.3, 0.4) is 0 Å². The molecule has 3 aliphatic carbocycles. The van der Waals surface area contributed by atoms with Gasteiger partial charge in [0.15, 0.2) is 11.9 Å². The van der Waals surface area contributed by atoms with Gasteiger partial charge in [-0.15, -0.1) is 0 Å². The maximum absolute atomic E-state index is 13.4. The van der Waals surface area contributed by atoms with Gasteiger partial charge < -0.3 is 24.4 Å². The van der Waals surface area contributed by atoms with E-state index in [1.165, 1.54) is 0 Å². The zero-order valence-corrected chi connectivity index (χ0v) is 25.5. The van der Waals surface area contributed by atoms with Gasteiger partial charge in [0.05, 0.1) is 12.5 Å². The van der Waals surface area contributed by atoms with Crippen molar-refractivity contribution in [2.24, 2.45) is 17.3 Å². The molecule has 7 unspecified atom stereocenters. The zero-order valence-electron chi connectivity index (χ0n) is 25.5. The van der Waals surface area contributed by atoms with Gasteiger partial charge in [0, 0.05) is 29.4 Å². The van der Waals surface area contributed by atoms with E-state index in [4.69, 9.17) is 14.2 Å². The lowest BCUT2D eigenvalue weighted by molar-refractivity contribution is -0.305. The Kier molecular flexibility index (Phi) is 6.74. The van der Waals surface area contributed by atoms with Crippen LogP contribution in [0.4, 0.5) is 0 Å². The Morgan fingerprint density at radius 1 is 1.00 bits per heavy atom. The molecule has 232 valence electrons. The van der Waals surface area contributed by atoms with E-state index in [0.29, 0.717) is 30.4 Å². The SMILES string of the molecule is CC(C)C12OC1CC1(O)C3(C)CCC4=C(COC4=O)C3CCC1(O)C2OC(=O)CCC(=O)c1ccc(-c2ccccc2)cc1. The molecule has 8 heteroatoms. The maximum Gasteiger partial charge on any atom is 0.334 e. The van der Waals surface area contributed by atoms with Gasteiger partial charge in [0.25, 0.3) is 0 Å². The molecule has 0 spiro atoms. The fourth-order valence-corrected chi connectivity index (χ4v) is 9.09. The van der Waals surface area contributed by atoms with Crippen molar-refractivity contribution in [1.82, 2.24) is 0 Å². The van der Waals surface area contributed by atoms with Gasteiger partial charge in [0.1, 0.15) is 23.4 Å². The molecular weight excluding hydrogens is 560 g/mol. The third-order valence-corrected chi connectivity index (χ3v) is 11.7. The molecule has 0 bridgehead atoms. The highest BCUT2D eigenvalue weighted by molar-refractivity contribution is 5.98.